The van der Waals surface area contributed by atoms with E-state index in [9.17, 15) is 19.3 Å². The van der Waals surface area contributed by atoms with Crippen molar-refractivity contribution in [1.82, 2.24) is 9.55 Å². The van der Waals surface area contributed by atoms with Crippen molar-refractivity contribution in [3.8, 4) is 0 Å². The normalized spacial score (nSPS) is 25.1. The molecule has 0 bridgehead atoms. The van der Waals surface area contributed by atoms with Crippen LogP contribution in [0, 0.1) is 0 Å². The third-order valence-corrected chi connectivity index (χ3v) is 9.29. The first-order chi connectivity index (χ1) is 16.4. The van der Waals surface area contributed by atoms with Gasteiger partial charge in [-0.05, 0) is 18.6 Å². The number of ether oxygens (including phenoxy) is 1. The third-order valence-electron chi connectivity index (χ3n) is 5.09. The van der Waals surface area contributed by atoms with Gasteiger partial charge < -0.3 is 9.84 Å². The molecule has 2 heterocycles. The molecule has 192 valence electrons. The highest BCUT2D eigenvalue weighted by molar-refractivity contribution is 8.77. The third kappa shape index (κ3) is 7.48. The summed E-state index contributed by atoms with van der Waals surface area (Å²) in [5.74, 6) is 0. The Morgan fingerprint density at radius 3 is 2.66 bits per heavy atom. The van der Waals surface area contributed by atoms with E-state index in [1.165, 1.54) is 0 Å². The van der Waals surface area contributed by atoms with E-state index in [1.807, 2.05) is 29.2 Å². The Bertz CT molecular complexity index is 1150. The van der Waals surface area contributed by atoms with Crippen molar-refractivity contribution >= 4 is 29.8 Å². The molecule has 1 aliphatic heterocycles. The maximum Gasteiger partial charge on any atom is 0.697 e. The van der Waals surface area contributed by atoms with Gasteiger partial charge >= 0.3 is 13.9 Å². The summed E-state index contributed by atoms with van der Waals surface area (Å²) in [6.07, 6.45) is -2.78. The highest BCUT2D eigenvalue weighted by Gasteiger charge is 2.56. The molecule has 0 saturated carbocycles. The van der Waals surface area contributed by atoms with Crippen molar-refractivity contribution in [2.75, 3.05) is 13.2 Å². The SMILES string of the molecule is CC(C)(C)SSc1ccccc1CCO[P+](=O)OC[C@H]1O[C@@H](n2ccc(=O)[nH]c2=O)[C@](C)(F)[C@@H]1O. The van der Waals surface area contributed by atoms with Crippen molar-refractivity contribution < 1.29 is 27.8 Å². The molecule has 1 unspecified atom stereocenters. The van der Waals surface area contributed by atoms with Crippen LogP contribution in [-0.4, -0.2) is 50.5 Å². The lowest BCUT2D eigenvalue weighted by molar-refractivity contribution is -0.0590. The van der Waals surface area contributed by atoms with Crippen LogP contribution in [0.2, 0.25) is 0 Å². The lowest BCUT2D eigenvalue weighted by Gasteiger charge is -2.24. The van der Waals surface area contributed by atoms with Gasteiger partial charge in [0.2, 0.25) is 0 Å². The molecule has 0 spiro atoms. The Hall–Kier alpha value is -1.53. The van der Waals surface area contributed by atoms with E-state index in [2.05, 4.69) is 20.8 Å². The standard InChI is InChI=1S/C22H28FN2O7PS2/c1-21(2,3)35-34-16-8-6-5-7-14(16)10-12-30-33(29)31-13-15-18(27)22(4,23)19(32-15)25-11-9-17(26)24-20(25)28/h5-9,11,15,18-19,27H,10,12-13H2,1-4H3/p+1/t15-,18-,19-,22-/m1/s1. The van der Waals surface area contributed by atoms with E-state index >= 15 is 4.39 Å². The molecule has 1 fully saturated rings. The summed E-state index contributed by atoms with van der Waals surface area (Å²) < 4.78 is 44.3. The topological polar surface area (TPSA) is 120 Å². The molecular weight excluding hydrogens is 518 g/mol. The van der Waals surface area contributed by atoms with Crippen LogP contribution < -0.4 is 11.2 Å². The zero-order chi connectivity index (χ0) is 25.8. The van der Waals surface area contributed by atoms with E-state index in [1.54, 1.807) is 21.6 Å². The van der Waals surface area contributed by atoms with Crippen LogP contribution in [0.3, 0.4) is 0 Å². The minimum Gasteiger partial charge on any atom is -0.387 e. The maximum absolute atomic E-state index is 15.2. The Morgan fingerprint density at radius 2 is 1.97 bits per heavy atom. The Labute approximate surface area is 211 Å². The number of aliphatic hydroxyl groups is 1. The molecule has 0 aliphatic carbocycles. The van der Waals surface area contributed by atoms with E-state index in [0.29, 0.717) is 6.42 Å². The lowest BCUT2D eigenvalue weighted by Crippen LogP contribution is -2.43. The molecular formula is C22H29FN2O7PS2+. The quantitative estimate of drug-likeness (QED) is 0.336. The number of nitrogens with one attached hydrogen (secondary N) is 1. The summed E-state index contributed by atoms with van der Waals surface area (Å²) in [6.45, 7) is 7.20. The summed E-state index contributed by atoms with van der Waals surface area (Å²) in [7, 11) is 0.873. The van der Waals surface area contributed by atoms with Crippen molar-refractivity contribution in [2.45, 2.75) is 67.9 Å². The Morgan fingerprint density at radius 1 is 1.26 bits per heavy atom. The molecule has 1 saturated heterocycles. The molecule has 1 aliphatic rings. The highest BCUT2D eigenvalue weighted by atomic mass is 33.1. The van der Waals surface area contributed by atoms with E-state index in [0.717, 1.165) is 34.2 Å². The van der Waals surface area contributed by atoms with Crippen molar-refractivity contribution in [3.63, 3.8) is 0 Å². The summed E-state index contributed by atoms with van der Waals surface area (Å²) >= 11 is 0. The van der Waals surface area contributed by atoms with Crippen molar-refractivity contribution in [1.29, 1.82) is 0 Å². The van der Waals surface area contributed by atoms with Crippen LogP contribution in [0.25, 0.3) is 0 Å². The Balaban J connectivity index is 1.51. The molecule has 9 nitrogen and oxygen atoms in total. The molecule has 0 radical (unpaired) electrons. The van der Waals surface area contributed by atoms with Crippen LogP contribution in [-0.2, 0) is 24.8 Å². The number of aromatic amines is 1. The molecule has 35 heavy (non-hydrogen) atoms. The fourth-order valence-electron chi connectivity index (χ4n) is 3.33. The molecule has 2 aromatic rings. The number of rotatable bonds is 10. The predicted molar refractivity (Wildman–Crippen MR) is 134 cm³/mol. The molecule has 2 N–H and O–H groups in total. The largest absolute Gasteiger partial charge is 0.697 e. The zero-order valence-corrected chi connectivity index (χ0v) is 22.3. The van der Waals surface area contributed by atoms with Gasteiger partial charge in [0.05, 0.1) is 0 Å². The number of hydrogen-bond donors (Lipinski definition) is 2. The average Bonchev–Trinajstić information content (AvgIpc) is 3.00. The van der Waals surface area contributed by atoms with Crippen molar-refractivity contribution in [2.24, 2.45) is 0 Å². The number of H-pyrrole nitrogens is 1. The van der Waals surface area contributed by atoms with Crippen LogP contribution in [0.15, 0.2) is 51.0 Å². The number of alkyl halides is 1. The van der Waals surface area contributed by atoms with Gasteiger partial charge in [0.1, 0.15) is 25.4 Å². The fraction of sp³-hybridized carbons (Fsp3) is 0.545. The first-order valence-corrected chi connectivity index (χ1v) is 14.1. The second kappa shape index (κ2) is 11.7. The van der Waals surface area contributed by atoms with E-state index in [-0.39, 0.29) is 11.4 Å². The average molecular weight is 548 g/mol. The van der Waals surface area contributed by atoms with Crippen LogP contribution in [0.5, 0.6) is 0 Å². The smallest absolute Gasteiger partial charge is 0.387 e. The second-order valence-corrected chi connectivity index (χ2v) is 13.1. The van der Waals surface area contributed by atoms with Crippen LogP contribution in [0.4, 0.5) is 4.39 Å². The fourth-order valence-corrected chi connectivity index (χ4v) is 6.17. The Kier molecular flexibility index (Phi) is 9.36. The van der Waals surface area contributed by atoms with Gasteiger partial charge in [0.25, 0.3) is 5.56 Å². The molecule has 13 heteroatoms. The predicted octanol–water partition coefficient (Wildman–Crippen LogP) is 4.00. The number of hydrogen-bond acceptors (Lipinski definition) is 9. The summed E-state index contributed by atoms with van der Waals surface area (Å²) in [5.41, 5.74) is -2.84. The molecule has 1 aromatic carbocycles. The molecule has 1 aromatic heterocycles. The summed E-state index contributed by atoms with van der Waals surface area (Å²) in [4.78, 5) is 26.4. The van der Waals surface area contributed by atoms with Gasteiger partial charge in [-0.1, -0.05) is 60.6 Å². The number of halogens is 1. The minimum atomic E-state index is -2.55. The van der Waals surface area contributed by atoms with Crippen LogP contribution >= 0.6 is 29.8 Å². The highest BCUT2D eigenvalue weighted by Crippen LogP contribution is 2.43. The minimum absolute atomic E-state index is 0.0958. The first-order valence-electron chi connectivity index (χ1n) is 10.9. The zero-order valence-electron chi connectivity index (χ0n) is 19.8. The first kappa shape index (κ1) is 28.0. The van der Waals surface area contributed by atoms with Crippen molar-refractivity contribution in [3.05, 3.63) is 62.9 Å². The summed E-state index contributed by atoms with van der Waals surface area (Å²) in [5, 5.41) is 10.4. The summed E-state index contributed by atoms with van der Waals surface area (Å²) in [6, 6.07) is 8.92. The van der Waals surface area contributed by atoms with Gasteiger partial charge in [0.15, 0.2) is 11.9 Å². The van der Waals surface area contributed by atoms with Gasteiger partial charge in [-0.25, -0.2) is 9.18 Å². The van der Waals surface area contributed by atoms with E-state index < -0.39 is 50.2 Å². The number of benzene rings is 1. The van der Waals surface area contributed by atoms with Gasteiger partial charge in [-0.15, -0.1) is 9.05 Å². The van der Waals surface area contributed by atoms with Gasteiger partial charge in [0, 0.05) is 32.9 Å². The second-order valence-electron chi connectivity index (χ2n) is 9.13. The van der Waals surface area contributed by atoms with Gasteiger partial charge in [-0.2, -0.15) is 0 Å². The van der Waals surface area contributed by atoms with Crippen LogP contribution in [0.1, 0.15) is 39.5 Å². The number of nitrogens with zero attached hydrogens (tertiary/aromatic N) is 1. The van der Waals surface area contributed by atoms with Gasteiger partial charge in [-0.3, -0.25) is 14.3 Å². The molecule has 0 amide bonds. The maximum atomic E-state index is 15.2. The molecule has 5 atom stereocenters. The number of aromatic nitrogens is 2. The monoisotopic (exact) mass is 547 g/mol. The van der Waals surface area contributed by atoms with E-state index in [4.69, 9.17) is 13.8 Å². The number of aliphatic hydroxyl groups excluding tert-OH is 1. The lowest BCUT2D eigenvalue weighted by atomic mass is 9.98. The molecule has 3 rings (SSSR count).